The van der Waals surface area contributed by atoms with E-state index in [9.17, 15) is 0 Å². The lowest BCUT2D eigenvalue weighted by molar-refractivity contribution is -0.0896. The van der Waals surface area contributed by atoms with E-state index in [1.807, 2.05) is 0 Å². The summed E-state index contributed by atoms with van der Waals surface area (Å²) < 4.78 is 6.16. The van der Waals surface area contributed by atoms with Crippen molar-refractivity contribution in [3.05, 3.63) is 34.9 Å². The standard InChI is InChI=1S/C17H27NO/c1-5-18-16(17(4)10-6-7-11-19-17)15-9-8-13(2)12-14(15)3/h8-9,12,16,18H,5-7,10-11H2,1-4H3. The summed E-state index contributed by atoms with van der Waals surface area (Å²) in [5.41, 5.74) is 4.00. The first-order valence-electron chi connectivity index (χ1n) is 7.51. The molecule has 0 bridgehead atoms. The lowest BCUT2D eigenvalue weighted by Crippen LogP contribution is -2.46. The molecule has 1 N–H and O–H groups in total. The van der Waals surface area contributed by atoms with Crippen molar-refractivity contribution in [2.45, 2.75) is 58.6 Å². The summed E-state index contributed by atoms with van der Waals surface area (Å²) in [6.07, 6.45) is 3.60. The average molecular weight is 261 g/mol. The highest BCUT2D eigenvalue weighted by molar-refractivity contribution is 5.34. The molecular weight excluding hydrogens is 234 g/mol. The van der Waals surface area contributed by atoms with E-state index in [-0.39, 0.29) is 5.60 Å². The summed E-state index contributed by atoms with van der Waals surface area (Å²) in [5, 5.41) is 3.64. The molecule has 0 aromatic heterocycles. The zero-order chi connectivity index (χ0) is 13.9. The Bertz CT molecular complexity index is 421. The molecule has 1 aliphatic heterocycles. The van der Waals surface area contributed by atoms with E-state index in [1.165, 1.54) is 29.5 Å². The molecule has 0 spiro atoms. The van der Waals surface area contributed by atoms with E-state index in [2.05, 4.69) is 51.2 Å². The van der Waals surface area contributed by atoms with Crippen molar-refractivity contribution in [1.82, 2.24) is 5.32 Å². The Kier molecular flexibility index (Phi) is 4.64. The van der Waals surface area contributed by atoms with E-state index in [4.69, 9.17) is 4.74 Å². The molecule has 2 nitrogen and oxygen atoms in total. The lowest BCUT2D eigenvalue weighted by Gasteiger charge is -2.41. The predicted octanol–water partition coefficient (Wildman–Crippen LogP) is 3.91. The van der Waals surface area contributed by atoms with Gasteiger partial charge < -0.3 is 10.1 Å². The van der Waals surface area contributed by atoms with Crippen LogP contribution in [0.2, 0.25) is 0 Å². The van der Waals surface area contributed by atoms with Gasteiger partial charge >= 0.3 is 0 Å². The second kappa shape index (κ2) is 6.06. The molecule has 1 aromatic rings. The van der Waals surface area contributed by atoms with Gasteiger partial charge in [0.25, 0.3) is 0 Å². The van der Waals surface area contributed by atoms with Crippen molar-refractivity contribution in [1.29, 1.82) is 0 Å². The third-order valence-electron chi connectivity index (χ3n) is 4.25. The second-order valence-corrected chi connectivity index (χ2v) is 5.97. The Morgan fingerprint density at radius 1 is 1.32 bits per heavy atom. The summed E-state index contributed by atoms with van der Waals surface area (Å²) in [6, 6.07) is 7.03. The molecule has 0 radical (unpaired) electrons. The summed E-state index contributed by atoms with van der Waals surface area (Å²) >= 11 is 0. The molecule has 2 heteroatoms. The molecule has 0 amide bonds. The first-order valence-corrected chi connectivity index (χ1v) is 7.51. The average Bonchev–Trinajstić information content (AvgIpc) is 2.38. The number of benzene rings is 1. The van der Waals surface area contributed by atoms with Crippen LogP contribution < -0.4 is 5.32 Å². The van der Waals surface area contributed by atoms with Gasteiger partial charge in [0, 0.05) is 6.61 Å². The van der Waals surface area contributed by atoms with Gasteiger partial charge in [0.15, 0.2) is 0 Å². The van der Waals surface area contributed by atoms with E-state index >= 15 is 0 Å². The van der Waals surface area contributed by atoms with E-state index in [0.717, 1.165) is 19.6 Å². The highest BCUT2D eigenvalue weighted by Crippen LogP contribution is 2.37. The topological polar surface area (TPSA) is 21.3 Å². The normalized spacial score (nSPS) is 25.3. The molecule has 1 fully saturated rings. The molecule has 1 aliphatic rings. The van der Waals surface area contributed by atoms with Crippen molar-refractivity contribution in [2.24, 2.45) is 0 Å². The lowest BCUT2D eigenvalue weighted by atomic mass is 9.82. The maximum absolute atomic E-state index is 6.16. The highest BCUT2D eigenvalue weighted by Gasteiger charge is 2.37. The molecule has 106 valence electrons. The minimum absolute atomic E-state index is 0.0751. The SMILES string of the molecule is CCNC(c1ccc(C)cc1C)C1(C)CCCCO1. The molecule has 0 saturated carbocycles. The number of likely N-dealkylation sites (N-methyl/N-ethyl adjacent to an activating group) is 1. The van der Waals surface area contributed by atoms with Gasteiger partial charge in [0.05, 0.1) is 11.6 Å². The molecule has 2 rings (SSSR count). The van der Waals surface area contributed by atoms with Crippen LogP contribution in [0.25, 0.3) is 0 Å². The Morgan fingerprint density at radius 3 is 2.68 bits per heavy atom. The van der Waals surface area contributed by atoms with Crippen LogP contribution in [0.1, 0.15) is 55.8 Å². The smallest absolute Gasteiger partial charge is 0.0848 e. The van der Waals surface area contributed by atoms with E-state index in [1.54, 1.807) is 0 Å². The number of hydrogen-bond donors (Lipinski definition) is 1. The summed E-state index contributed by atoms with van der Waals surface area (Å²) in [5.74, 6) is 0. The number of aryl methyl sites for hydroxylation is 2. The number of nitrogens with one attached hydrogen (secondary N) is 1. The first-order chi connectivity index (χ1) is 9.07. The van der Waals surface area contributed by atoms with Gasteiger partial charge in [-0.15, -0.1) is 0 Å². The maximum Gasteiger partial charge on any atom is 0.0848 e. The van der Waals surface area contributed by atoms with Crippen LogP contribution in [0.5, 0.6) is 0 Å². The summed E-state index contributed by atoms with van der Waals surface area (Å²) in [6.45, 7) is 10.7. The van der Waals surface area contributed by atoms with Gasteiger partial charge in [0.1, 0.15) is 0 Å². The van der Waals surface area contributed by atoms with Crippen molar-refractivity contribution in [2.75, 3.05) is 13.2 Å². The number of ether oxygens (including phenoxy) is 1. The summed E-state index contributed by atoms with van der Waals surface area (Å²) in [7, 11) is 0. The highest BCUT2D eigenvalue weighted by atomic mass is 16.5. The van der Waals surface area contributed by atoms with Crippen molar-refractivity contribution in [3.8, 4) is 0 Å². The molecule has 1 heterocycles. The fraction of sp³-hybridized carbons (Fsp3) is 0.647. The van der Waals surface area contributed by atoms with E-state index < -0.39 is 0 Å². The van der Waals surface area contributed by atoms with Gasteiger partial charge in [-0.1, -0.05) is 30.7 Å². The third-order valence-corrected chi connectivity index (χ3v) is 4.25. The van der Waals surface area contributed by atoms with Crippen LogP contribution in [-0.2, 0) is 4.74 Å². The van der Waals surface area contributed by atoms with Crippen LogP contribution in [-0.4, -0.2) is 18.8 Å². The van der Waals surface area contributed by atoms with E-state index in [0.29, 0.717) is 6.04 Å². The van der Waals surface area contributed by atoms with Crippen LogP contribution in [0.3, 0.4) is 0 Å². The first kappa shape index (κ1) is 14.5. The molecule has 2 atom stereocenters. The van der Waals surface area contributed by atoms with Crippen LogP contribution in [0.15, 0.2) is 18.2 Å². The molecule has 1 aromatic carbocycles. The van der Waals surface area contributed by atoms with Crippen molar-refractivity contribution < 1.29 is 4.74 Å². The second-order valence-electron chi connectivity index (χ2n) is 5.97. The fourth-order valence-corrected chi connectivity index (χ4v) is 3.19. The largest absolute Gasteiger partial charge is 0.373 e. The quantitative estimate of drug-likeness (QED) is 0.887. The zero-order valence-corrected chi connectivity index (χ0v) is 12.8. The Labute approximate surface area is 117 Å². The van der Waals surface area contributed by atoms with Gasteiger partial charge in [-0.3, -0.25) is 0 Å². The summed E-state index contributed by atoms with van der Waals surface area (Å²) in [4.78, 5) is 0. The molecule has 19 heavy (non-hydrogen) atoms. The minimum atomic E-state index is -0.0751. The Morgan fingerprint density at radius 2 is 2.11 bits per heavy atom. The number of hydrogen-bond acceptors (Lipinski definition) is 2. The zero-order valence-electron chi connectivity index (χ0n) is 12.8. The minimum Gasteiger partial charge on any atom is -0.373 e. The van der Waals surface area contributed by atoms with Gasteiger partial charge in [-0.05, 0) is 57.7 Å². The van der Waals surface area contributed by atoms with Gasteiger partial charge in [0.2, 0.25) is 0 Å². The Hall–Kier alpha value is -0.860. The molecule has 2 unspecified atom stereocenters. The monoisotopic (exact) mass is 261 g/mol. The van der Waals surface area contributed by atoms with Crippen LogP contribution >= 0.6 is 0 Å². The van der Waals surface area contributed by atoms with Crippen LogP contribution in [0, 0.1) is 13.8 Å². The number of rotatable bonds is 4. The van der Waals surface area contributed by atoms with Crippen molar-refractivity contribution in [3.63, 3.8) is 0 Å². The Balaban J connectivity index is 2.33. The van der Waals surface area contributed by atoms with Gasteiger partial charge in [-0.25, -0.2) is 0 Å². The molecule has 1 saturated heterocycles. The fourth-order valence-electron chi connectivity index (χ4n) is 3.19. The predicted molar refractivity (Wildman–Crippen MR) is 80.5 cm³/mol. The molecule has 0 aliphatic carbocycles. The van der Waals surface area contributed by atoms with Gasteiger partial charge in [-0.2, -0.15) is 0 Å². The van der Waals surface area contributed by atoms with Crippen molar-refractivity contribution >= 4 is 0 Å². The third kappa shape index (κ3) is 3.18. The maximum atomic E-state index is 6.16. The van der Waals surface area contributed by atoms with Crippen LogP contribution in [0.4, 0.5) is 0 Å². The molecular formula is C17H27NO.